The first-order chi connectivity index (χ1) is 17.3. The van der Waals surface area contributed by atoms with Crippen LogP contribution in [0.5, 0.6) is 5.75 Å². The van der Waals surface area contributed by atoms with Crippen LogP contribution >= 0.6 is 0 Å². The van der Waals surface area contributed by atoms with Crippen molar-refractivity contribution in [3.8, 4) is 5.75 Å². The van der Waals surface area contributed by atoms with Crippen molar-refractivity contribution >= 4 is 11.6 Å². The zero-order valence-corrected chi connectivity index (χ0v) is 20.9. The van der Waals surface area contributed by atoms with Crippen molar-refractivity contribution in [3.63, 3.8) is 0 Å². The topological polar surface area (TPSA) is 44.8 Å². The maximum absolute atomic E-state index is 13.5. The van der Waals surface area contributed by atoms with E-state index >= 15 is 0 Å². The first-order valence-corrected chi connectivity index (χ1v) is 12.9. The summed E-state index contributed by atoms with van der Waals surface area (Å²) < 4.78 is 42.3. The quantitative estimate of drug-likeness (QED) is 0.515. The molecule has 36 heavy (non-hydrogen) atoms. The van der Waals surface area contributed by atoms with Gasteiger partial charge in [0.1, 0.15) is 5.75 Å². The van der Waals surface area contributed by atoms with E-state index in [4.69, 9.17) is 0 Å². The number of anilines is 1. The van der Waals surface area contributed by atoms with Gasteiger partial charge in [-0.15, -0.1) is 13.2 Å². The van der Waals surface area contributed by atoms with Crippen LogP contribution in [0.1, 0.15) is 43.2 Å². The van der Waals surface area contributed by atoms with Gasteiger partial charge in [0.2, 0.25) is 5.91 Å². The first kappa shape index (κ1) is 26.5. The molecule has 0 aliphatic carbocycles. The average molecular weight is 504 g/mol. The summed E-state index contributed by atoms with van der Waals surface area (Å²) >= 11 is 0. The number of amides is 1. The molecule has 2 fully saturated rings. The molecule has 0 aromatic heterocycles. The smallest absolute Gasteiger partial charge is 0.406 e. The molecule has 2 aromatic rings. The van der Waals surface area contributed by atoms with Gasteiger partial charge >= 0.3 is 6.36 Å². The largest absolute Gasteiger partial charge is 0.573 e. The molecule has 2 aliphatic heterocycles. The van der Waals surface area contributed by atoms with Crippen molar-refractivity contribution < 1.29 is 22.7 Å². The number of nitrogens with one attached hydrogen (secondary N) is 1. The van der Waals surface area contributed by atoms with Gasteiger partial charge in [0.15, 0.2) is 0 Å². The molecule has 2 aliphatic rings. The summed E-state index contributed by atoms with van der Waals surface area (Å²) in [5, 5.41) is 3.29. The van der Waals surface area contributed by atoms with Gasteiger partial charge in [0.05, 0.1) is 0 Å². The monoisotopic (exact) mass is 503 g/mol. The Morgan fingerprint density at radius 2 is 1.75 bits per heavy atom. The van der Waals surface area contributed by atoms with Crippen molar-refractivity contribution in [2.45, 2.75) is 51.9 Å². The zero-order valence-electron chi connectivity index (χ0n) is 20.9. The van der Waals surface area contributed by atoms with Crippen molar-refractivity contribution in [3.05, 3.63) is 59.7 Å². The Kier molecular flexibility index (Phi) is 8.90. The second-order valence-electron chi connectivity index (χ2n) is 10.0. The van der Waals surface area contributed by atoms with E-state index in [0.29, 0.717) is 23.7 Å². The Labute approximate surface area is 211 Å². The van der Waals surface area contributed by atoms with Crippen molar-refractivity contribution in [1.29, 1.82) is 0 Å². The Morgan fingerprint density at radius 3 is 2.39 bits per heavy atom. The van der Waals surface area contributed by atoms with E-state index in [1.54, 1.807) is 24.0 Å². The molecule has 0 spiro atoms. The van der Waals surface area contributed by atoms with Gasteiger partial charge in [-0.25, -0.2) is 0 Å². The van der Waals surface area contributed by atoms with E-state index < -0.39 is 6.36 Å². The average Bonchev–Trinajstić information content (AvgIpc) is 2.87. The fourth-order valence-corrected chi connectivity index (χ4v) is 5.28. The lowest BCUT2D eigenvalue weighted by Crippen LogP contribution is -2.42. The van der Waals surface area contributed by atoms with Gasteiger partial charge in [-0.2, -0.15) is 0 Å². The highest BCUT2D eigenvalue weighted by atomic mass is 19.4. The number of aryl methyl sites for hydroxylation is 1. The molecule has 1 amide bonds. The summed E-state index contributed by atoms with van der Waals surface area (Å²) in [6, 6.07) is 15.0. The third-order valence-electron chi connectivity index (χ3n) is 7.37. The Bertz CT molecular complexity index is 985. The van der Waals surface area contributed by atoms with Crippen LogP contribution in [0.15, 0.2) is 48.5 Å². The van der Waals surface area contributed by atoms with E-state index in [1.807, 2.05) is 6.07 Å². The number of alkyl halides is 3. The molecule has 196 valence electrons. The minimum absolute atomic E-state index is 0.0645. The molecule has 5 nitrogen and oxygen atoms in total. The molecule has 4 rings (SSSR count). The Balaban J connectivity index is 1.40. The lowest BCUT2D eigenvalue weighted by molar-refractivity contribution is -0.274. The molecule has 0 unspecified atom stereocenters. The summed E-state index contributed by atoms with van der Waals surface area (Å²) in [6.07, 6.45) is -0.135. The van der Waals surface area contributed by atoms with Gasteiger partial charge in [-0.1, -0.05) is 30.3 Å². The summed E-state index contributed by atoms with van der Waals surface area (Å²) in [6.45, 7) is 6.79. The number of halogens is 3. The predicted molar refractivity (Wildman–Crippen MR) is 135 cm³/mol. The van der Waals surface area contributed by atoms with Gasteiger partial charge in [0.25, 0.3) is 0 Å². The van der Waals surface area contributed by atoms with Gasteiger partial charge < -0.3 is 15.0 Å². The molecular formula is C28H36F3N3O2. The van der Waals surface area contributed by atoms with Crippen molar-refractivity contribution in [2.75, 3.05) is 37.6 Å². The van der Waals surface area contributed by atoms with Gasteiger partial charge in [-0.3, -0.25) is 9.69 Å². The van der Waals surface area contributed by atoms with E-state index in [0.717, 1.165) is 64.8 Å². The van der Waals surface area contributed by atoms with Crippen LogP contribution in [0.3, 0.4) is 0 Å². The minimum atomic E-state index is -4.74. The molecule has 1 N–H and O–H groups in total. The molecule has 2 heterocycles. The maximum atomic E-state index is 13.5. The Hall–Kier alpha value is -2.58. The zero-order chi connectivity index (χ0) is 25.5. The summed E-state index contributed by atoms with van der Waals surface area (Å²) in [5.41, 5.74) is 2.33. The number of ether oxygens (including phenoxy) is 1. The summed E-state index contributed by atoms with van der Waals surface area (Å²) in [7, 11) is 0. The fourth-order valence-electron chi connectivity index (χ4n) is 5.28. The van der Waals surface area contributed by atoms with Crippen LogP contribution in [0, 0.1) is 18.8 Å². The highest BCUT2D eigenvalue weighted by Crippen LogP contribution is 2.32. The lowest BCUT2D eigenvalue weighted by atomic mass is 9.92. The molecule has 0 bridgehead atoms. The van der Waals surface area contributed by atoms with Crippen molar-refractivity contribution in [1.82, 2.24) is 10.2 Å². The van der Waals surface area contributed by atoms with Crippen LogP contribution in [0.2, 0.25) is 0 Å². The number of likely N-dealkylation sites (tertiary alicyclic amines) is 1. The highest BCUT2D eigenvalue weighted by Gasteiger charge is 2.32. The third kappa shape index (κ3) is 7.46. The van der Waals surface area contributed by atoms with Crippen LogP contribution in [0.25, 0.3) is 0 Å². The predicted octanol–water partition coefficient (Wildman–Crippen LogP) is 5.53. The number of carbonyl (C=O) groups excluding carboxylic acids is 1. The second-order valence-corrected chi connectivity index (χ2v) is 10.0. The van der Waals surface area contributed by atoms with Crippen molar-refractivity contribution in [2.24, 2.45) is 11.8 Å². The normalized spacial score (nSPS) is 18.2. The van der Waals surface area contributed by atoms with E-state index in [2.05, 4.69) is 39.2 Å². The first-order valence-electron chi connectivity index (χ1n) is 12.9. The number of benzene rings is 2. The number of nitrogens with zero attached hydrogens (tertiary/aromatic N) is 2. The SMILES string of the molecule is Cc1cc(N(CCC2CCN(Cc3ccccc3)CC2)C(=O)C2CCNCC2)ccc1OC(F)(F)F. The fraction of sp³-hybridized carbons (Fsp3) is 0.536. The summed E-state index contributed by atoms with van der Waals surface area (Å²) in [4.78, 5) is 17.8. The lowest BCUT2D eigenvalue weighted by Gasteiger charge is -2.34. The minimum Gasteiger partial charge on any atom is -0.406 e. The van der Waals surface area contributed by atoms with Crippen LogP contribution in [0.4, 0.5) is 18.9 Å². The summed E-state index contributed by atoms with van der Waals surface area (Å²) in [5.74, 6) is 0.299. The highest BCUT2D eigenvalue weighted by molar-refractivity contribution is 5.95. The molecule has 0 atom stereocenters. The van der Waals surface area contributed by atoms with Crippen LogP contribution in [-0.2, 0) is 11.3 Å². The van der Waals surface area contributed by atoms with E-state index in [9.17, 15) is 18.0 Å². The Morgan fingerprint density at radius 1 is 1.06 bits per heavy atom. The standard InChI is InChI=1S/C28H36F3N3O2/c1-21-19-25(7-8-26(21)36-28(29,30)31)34(27(35)24-9-14-32-15-10-24)18-13-22-11-16-33(17-12-22)20-23-5-3-2-4-6-23/h2-8,19,22,24,32H,9-18,20H2,1H3. The number of rotatable bonds is 8. The number of hydrogen-bond acceptors (Lipinski definition) is 4. The van der Waals surface area contributed by atoms with Gasteiger partial charge in [0, 0.05) is 24.7 Å². The molecule has 2 saturated heterocycles. The van der Waals surface area contributed by atoms with Crippen LogP contribution in [-0.4, -0.2) is 49.9 Å². The molecular weight excluding hydrogens is 467 g/mol. The third-order valence-corrected chi connectivity index (χ3v) is 7.37. The molecule has 0 radical (unpaired) electrons. The molecule has 8 heteroatoms. The van der Waals surface area contributed by atoms with E-state index in [-0.39, 0.29) is 17.6 Å². The van der Waals surface area contributed by atoms with Gasteiger partial charge in [-0.05, 0) is 100 Å². The number of hydrogen-bond donors (Lipinski definition) is 1. The maximum Gasteiger partial charge on any atom is 0.573 e. The second kappa shape index (κ2) is 12.1. The number of piperidine rings is 2. The van der Waals surface area contributed by atoms with E-state index in [1.165, 1.54) is 11.6 Å². The molecule has 2 aromatic carbocycles. The number of carbonyl (C=O) groups is 1. The van der Waals surface area contributed by atoms with Crippen LogP contribution < -0.4 is 15.0 Å². The molecule has 0 saturated carbocycles.